The van der Waals surface area contributed by atoms with E-state index in [1.54, 1.807) is 6.92 Å². The van der Waals surface area contributed by atoms with Gasteiger partial charge in [0.2, 0.25) is 0 Å². The molecule has 8 heteroatoms. The Labute approximate surface area is 239 Å². The van der Waals surface area contributed by atoms with Crippen molar-refractivity contribution < 1.29 is 38.1 Å². The molecule has 2 rings (SSSR count). The first-order chi connectivity index (χ1) is 18.3. The zero-order valence-electron chi connectivity index (χ0n) is 25.7. The zero-order valence-corrected chi connectivity index (χ0v) is 25.7. The topological polar surface area (TPSA) is 105 Å². The number of esters is 4. The Morgan fingerprint density at radius 2 is 1.10 bits per heavy atom. The van der Waals surface area contributed by atoms with E-state index < -0.39 is 23.3 Å². The second kappa shape index (κ2) is 14.0. The maximum atomic E-state index is 11.6. The molecule has 0 unspecified atom stereocenters. The van der Waals surface area contributed by atoms with E-state index in [2.05, 4.69) is 47.1 Å². The highest BCUT2D eigenvalue weighted by Crippen LogP contribution is 2.66. The lowest BCUT2D eigenvalue weighted by atomic mass is 9.70. The van der Waals surface area contributed by atoms with E-state index in [0.29, 0.717) is 23.3 Å². The second-order valence-corrected chi connectivity index (χ2v) is 12.2. The van der Waals surface area contributed by atoms with Crippen LogP contribution in [-0.2, 0) is 38.1 Å². The van der Waals surface area contributed by atoms with Gasteiger partial charge in [0.1, 0.15) is 25.9 Å². The van der Waals surface area contributed by atoms with E-state index in [9.17, 15) is 19.2 Å². The van der Waals surface area contributed by atoms with Gasteiger partial charge in [0, 0.05) is 27.7 Å². The van der Waals surface area contributed by atoms with Crippen LogP contribution in [0, 0.1) is 22.2 Å². The van der Waals surface area contributed by atoms with Crippen LogP contribution >= 0.6 is 0 Å². The number of fused-ring (bicyclic) bond motifs is 2. The standard InChI is InChI=1S/C18H26O6.C14H22O2/c1-8-18(9-22-15(19)12(2)3,10-23-16(20)13(4)5)11-24-17(21)14(6)7;1-9(2)12(15)16-11-8-10-6-7-14(11,5)13(10,3)4/h2,4,6,8-11H2,1,3,5,7H3;10-11H,1,6-8H2,2-5H3/t;10-,11-,14+/m.0/s1. The number of carbonyl (C=O) groups is 4. The number of carbonyl (C=O) groups excluding carboxylic acids is 4. The third-order valence-electron chi connectivity index (χ3n) is 8.64. The van der Waals surface area contributed by atoms with Gasteiger partial charge in [-0.2, -0.15) is 0 Å². The third-order valence-corrected chi connectivity index (χ3v) is 8.64. The minimum Gasteiger partial charge on any atom is -0.461 e. The molecule has 8 nitrogen and oxygen atoms in total. The molecule has 0 aromatic heterocycles. The molecule has 2 bridgehead atoms. The van der Waals surface area contributed by atoms with Crippen LogP contribution in [0.5, 0.6) is 0 Å². The second-order valence-electron chi connectivity index (χ2n) is 12.2. The molecule has 0 aromatic rings. The molecule has 0 heterocycles. The first-order valence-electron chi connectivity index (χ1n) is 13.7. The first kappa shape index (κ1) is 34.9. The summed E-state index contributed by atoms with van der Waals surface area (Å²) in [6, 6.07) is 0. The fraction of sp³-hybridized carbons (Fsp3) is 0.625. The van der Waals surface area contributed by atoms with Crippen LogP contribution in [0.15, 0.2) is 48.6 Å². The van der Waals surface area contributed by atoms with E-state index in [-0.39, 0.29) is 54.0 Å². The van der Waals surface area contributed by atoms with Crippen molar-refractivity contribution in [1.82, 2.24) is 0 Å². The molecule has 0 spiro atoms. The Morgan fingerprint density at radius 1 is 0.725 bits per heavy atom. The fourth-order valence-corrected chi connectivity index (χ4v) is 4.99. The molecule has 0 amide bonds. The van der Waals surface area contributed by atoms with Crippen LogP contribution in [-0.4, -0.2) is 49.8 Å². The number of rotatable bonds is 12. The Kier molecular flexibility index (Phi) is 12.2. The van der Waals surface area contributed by atoms with Gasteiger partial charge in [-0.1, -0.05) is 54.0 Å². The van der Waals surface area contributed by atoms with E-state index in [0.717, 1.165) is 6.42 Å². The maximum Gasteiger partial charge on any atom is 0.333 e. The van der Waals surface area contributed by atoms with E-state index in [4.69, 9.17) is 18.9 Å². The fourth-order valence-electron chi connectivity index (χ4n) is 4.99. The summed E-state index contributed by atoms with van der Waals surface area (Å²) in [5.74, 6) is -1.21. The lowest BCUT2D eigenvalue weighted by Gasteiger charge is -2.38. The molecule has 40 heavy (non-hydrogen) atoms. The van der Waals surface area contributed by atoms with Crippen molar-refractivity contribution in [2.45, 2.75) is 87.2 Å². The molecule has 224 valence electrons. The van der Waals surface area contributed by atoms with Gasteiger partial charge < -0.3 is 18.9 Å². The molecule has 3 atom stereocenters. The van der Waals surface area contributed by atoms with E-state index >= 15 is 0 Å². The predicted molar refractivity (Wildman–Crippen MR) is 154 cm³/mol. The summed E-state index contributed by atoms with van der Waals surface area (Å²) >= 11 is 0. The van der Waals surface area contributed by atoms with Crippen LogP contribution in [0.2, 0.25) is 0 Å². The smallest absolute Gasteiger partial charge is 0.333 e. The minimum atomic E-state index is -0.860. The molecule has 2 aliphatic rings. The van der Waals surface area contributed by atoms with Gasteiger partial charge in [-0.05, 0) is 64.7 Å². The van der Waals surface area contributed by atoms with Gasteiger partial charge in [0.05, 0.1) is 5.41 Å². The van der Waals surface area contributed by atoms with Crippen molar-refractivity contribution in [3.05, 3.63) is 48.6 Å². The maximum absolute atomic E-state index is 11.6. The molecular formula is C32H48O8. The Hall–Kier alpha value is -3.16. The highest BCUT2D eigenvalue weighted by Gasteiger charge is 2.62. The normalized spacial score (nSPS) is 22.2. The average molecular weight is 561 g/mol. The summed E-state index contributed by atoms with van der Waals surface area (Å²) in [4.78, 5) is 46.5. The molecule has 0 radical (unpaired) electrons. The SMILES string of the molecule is C=C(C)C(=O)OCC(CC)(COC(=O)C(=C)C)COC(=O)C(=C)C.C=C(C)C(=O)O[C@H]1C[C@@H]2CC[C@@]1(C)C2(C)C. The first-order valence-corrected chi connectivity index (χ1v) is 13.7. The van der Waals surface area contributed by atoms with Crippen molar-refractivity contribution in [3.63, 3.8) is 0 Å². The van der Waals surface area contributed by atoms with Crippen LogP contribution in [0.25, 0.3) is 0 Å². The lowest BCUT2D eigenvalue weighted by molar-refractivity contribution is -0.157. The van der Waals surface area contributed by atoms with Gasteiger partial charge >= 0.3 is 23.9 Å². The summed E-state index contributed by atoms with van der Waals surface area (Å²) in [5, 5.41) is 0. The molecule has 2 saturated carbocycles. The summed E-state index contributed by atoms with van der Waals surface area (Å²) in [6.45, 7) is 28.9. The van der Waals surface area contributed by atoms with Crippen molar-refractivity contribution in [3.8, 4) is 0 Å². The third kappa shape index (κ3) is 8.42. The van der Waals surface area contributed by atoms with E-state index in [1.807, 2.05) is 6.92 Å². The summed E-state index contributed by atoms with van der Waals surface area (Å²) < 4.78 is 21.1. The highest BCUT2D eigenvalue weighted by molar-refractivity contribution is 5.88. The largest absolute Gasteiger partial charge is 0.461 e. The summed E-state index contributed by atoms with van der Waals surface area (Å²) in [5.41, 5.74) is 0.842. The van der Waals surface area contributed by atoms with Crippen LogP contribution in [0.1, 0.15) is 81.1 Å². The molecule has 0 aliphatic heterocycles. The lowest BCUT2D eigenvalue weighted by Crippen LogP contribution is -2.39. The van der Waals surface area contributed by atoms with E-state index in [1.165, 1.54) is 33.6 Å². The molecule has 2 aliphatic carbocycles. The van der Waals surface area contributed by atoms with Gasteiger partial charge in [0.15, 0.2) is 0 Å². The van der Waals surface area contributed by atoms with Crippen molar-refractivity contribution in [2.75, 3.05) is 19.8 Å². The van der Waals surface area contributed by atoms with Crippen molar-refractivity contribution in [2.24, 2.45) is 22.2 Å². The highest BCUT2D eigenvalue weighted by atomic mass is 16.6. The molecule has 0 aromatic carbocycles. The summed E-state index contributed by atoms with van der Waals surface area (Å²) in [7, 11) is 0. The minimum absolute atomic E-state index is 0.0812. The monoisotopic (exact) mass is 560 g/mol. The van der Waals surface area contributed by atoms with Gasteiger partial charge in [-0.15, -0.1) is 0 Å². The molecular weight excluding hydrogens is 512 g/mol. The number of hydrogen-bond donors (Lipinski definition) is 0. The predicted octanol–water partition coefficient (Wildman–Crippen LogP) is 6.06. The Bertz CT molecular complexity index is 975. The summed E-state index contributed by atoms with van der Waals surface area (Å²) in [6.07, 6.45) is 4.03. The van der Waals surface area contributed by atoms with Gasteiger partial charge in [-0.25, -0.2) is 19.2 Å². The van der Waals surface area contributed by atoms with Gasteiger partial charge in [-0.3, -0.25) is 0 Å². The number of hydrogen-bond acceptors (Lipinski definition) is 8. The molecule has 2 fully saturated rings. The number of ether oxygens (including phenoxy) is 4. The van der Waals surface area contributed by atoms with Crippen molar-refractivity contribution in [1.29, 1.82) is 0 Å². The van der Waals surface area contributed by atoms with Crippen LogP contribution in [0.4, 0.5) is 0 Å². The Morgan fingerprint density at radius 3 is 1.35 bits per heavy atom. The van der Waals surface area contributed by atoms with Crippen LogP contribution < -0.4 is 0 Å². The Balaban J connectivity index is 0.000000429. The van der Waals surface area contributed by atoms with Gasteiger partial charge in [0.25, 0.3) is 0 Å². The molecule has 0 N–H and O–H groups in total. The van der Waals surface area contributed by atoms with Crippen molar-refractivity contribution >= 4 is 23.9 Å². The molecule has 0 saturated heterocycles. The average Bonchev–Trinajstić information content (AvgIpc) is 3.21. The van der Waals surface area contributed by atoms with Crippen LogP contribution in [0.3, 0.4) is 0 Å². The zero-order chi connectivity index (χ0) is 31.1. The quantitative estimate of drug-likeness (QED) is 0.161.